The molecule has 7 nitrogen and oxygen atoms in total. The molecular formula is C34H40N6O. The first-order valence-electron chi connectivity index (χ1n) is 14.5. The molecule has 0 unspecified atom stereocenters. The molecular weight excluding hydrogens is 508 g/mol. The summed E-state index contributed by atoms with van der Waals surface area (Å²) in [4.78, 5) is 19.4. The number of aryl methyl sites for hydroxylation is 1. The zero-order chi connectivity index (χ0) is 29.1. The van der Waals surface area contributed by atoms with E-state index in [0.29, 0.717) is 30.4 Å². The zero-order valence-electron chi connectivity index (χ0n) is 24.9. The third-order valence-electron chi connectivity index (χ3n) is 8.13. The minimum Gasteiger partial charge on any atom is -0.322 e. The van der Waals surface area contributed by atoms with E-state index in [1.54, 1.807) is 0 Å². The molecule has 0 amide bonds. The molecule has 0 radical (unpaired) electrons. The third kappa shape index (κ3) is 6.15. The van der Waals surface area contributed by atoms with Crippen molar-refractivity contribution in [3.63, 3.8) is 0 Å². The van der Waals surface area contributed by atoms with Gasteiger partial charge in [0.05, 0.1) is 5.54 Å². The van der Waals surface area contributed by atoms with E-state index in [2.05, 4.69) is 121 Å². The molecule has 2 heterocycles. The van der Waals surface area contributed by atoms with Gasteiger partial charge < -0.3 is 4.98 Å². The molecule has 212 valence electrons. The van der Waals surface area contributed by atoms with Gasteiger partial charge in [-0.3, -0.25) is 9.69 Å². The topological polar surface area (TPSA) is 79.7 Å². The molecule has 5 aromatic rings. The van der Waals surface area contributed by atoms with E-state index in [1.165, 1.54) is 5.56 Å². The van der Waals surface area contributed by atoms with E-state index < -0.39 is 6.04 Å². The SMILES string of the molecule is CCC(C)(C)n1nnnc1[C@@H](c1cc2ccc(C)cc2[nH]c1=O)N(Cc1ccccc1)Cc1ccc(C(C)C)cc1. The van der Waals surface area contributed by atoms with Crippen molar-refractivity contribution in [1.29, 1.82) is 0 Å². The molecule has 7 heteroatoms. The number of hydrogen-bond donors (Lipinski definition) is 1. The Kier molecular flexibility index (Phi) is 8.18. The van der Waals surface area contributed by atoms with Gasteiger partial charge in [0.2, 0.25) is 0 Å². The molecule has 41 heavy (non-hydrogen) atoms. The maximum Gasteiger partial charge on any atom is 0.253 e. The molecule has 1 N–H and O–H groups in total. The van der Waals surface area contributed by atoms with Gasteiger partial charge in [-0.05, 0) is 83.3 Å². The number of hydrogen-bond acceptors (Lipinski definition) is 5. The molecule has 0 spiro atoms. The second-order valence-corrected chi connectivity index (χ2v) is 11.9. The lowest BCUT2D eigenvalue weighted by Gasteiger charge is -2.33. The van der Waals surface area contributed by atoms with Gasteiger partial charge in [-0.15, -0.1) is 5.10 Å². The third-order valence-corrected chi connectivity index (χ3v) is 8.13. The number of aromatic amines is 1. The van der Waals surface area contributed by atoms with Crippen molar-refractivity contribution in [3.8, 4) is 0 Å². The van der Waals surface area contributed by atoms with Crippen LogP contribution in [0.1, 0.15) is 86.6 Å². The monoisotopic (exact) mass is 548 g/mol. The summed E-state index contributed by atoms with van der Waals surface area (Å²) >= 11 is 0. The van der Waals surface area contributed by atoms with E-state index in [-0.39, 0.29) is 11.1 Å². The van der Waals surface area contributed by atoms with Gasteiger partial charge in [-0.2, -0.15) is 0 Å². The predicted octanol–water partition coefficient (Wildman–Crippen LogP) is 6.88. The summed E-state index contributed by atoms with van der Waals surface area (Å²) < 4.78 is 1.90. The Morgan fingerprint density at radius 1 is 0.927 bits per heavy atom. The molecule has 3 aromatic carbocycles. The van der Waals surface area contributed by atoms with Crippen molar-refractivity contribution >= 4 is 10.9 Å². The van der Waals surface area contributed by atoms with Crippen LogP contribution in [0.2, 0.25) is 0 Å². The van der Waals surface area contributed by atoms with Gasteiger partial charge in [-0.1, -0.05) is 87.5 Å². The highest BCUT2D eigenvalue weighted by Crippen LogP contribution is 2.33. The molecule has 0 aliphatic rings. The van der Waals surface area contributed by atoms with Crippen molar-refractivity contribution in [1.82, 2.24) is 30.1 Å². The maximum atomic E-state index is 13.9. The molecule has 0 aliphatic heterocycles. The molecule has 1 atom stereocenters. The number of tetrazole rings is 1. The Bertz CT molecular complexity index is 1670. The van der Waals surface area contributed by atoms with Gasteiger partial charge in [0.15, 0.2) is 5.82 Å². The normalized spacial score (nSPS) is 12.9. The number of aromatic nitrogens is 5. The number of nitrogens with one attached hydrogen (secondary N) is 1. The molecule has 0 fully saturated rings. The van der Waals surface area contributed by atoms with E-state index in [9.17, 15) is 4.79 Å². The minimum absolute atomic E-state index is 0.134. The molecule has 0 saturated carbocycles. The van der Waals surface area contributed by atoms with Gasteiger partial charge in [0.25, 0.3) is 5.56 Å². The van der Waals surface area contributed by atoms with Crippen LogP contribution in [0, 0.1) is 6.92 Å². The second-order valence-electron chi connectivity index (χ2n) is 11.9. The first-order chi connectivity index (χ1) is 19.7. The summed E-state index contributed by atoms with van der Waals surface area (Å²) in [7, 11) is 0. The quantitative estimate of drug-likeness (QED) is 0.206. The van der Waals surface area contributed by atoms with Crippen LogP contribution < -0.4 is 5.56 Å². The first-order valence-corrected chi connectivity index (χ1v) is 14.5. The highest BCUT2D eigenvalue weighted by molar-refractivity contribution is 5.79. The van der Waals surface area contributed by atoms with Crippen LogP contribution in [-0.4, -0.2) is 30.1 Å². The van der Waals surface area contributed by atoms with Crippen LogP contribution in [0.4, 0.5) is 0 Å². The van der Waals surface area contributed by atoms with Crippen molar-refractivity contribution in [2.45, 2.75) is 78.6 Å². The lowest BCUT2D eigenvalue weighted by molar-refractivity contribution is 0.180. The van der Waals surface area contributed by atoms with Crippen molar-refractivity contribution < 1.29 is 0 Å². The number of rotatable bonds is 10. The maximum absolute atomic E-state index is 13.9. The molecule has 0 bridgehead atoms. The Balaban J connectivity index is 1.71. The second kappa shape index (κ2) is 11.8. The van der Waals surface area contributed by atoms with Gasteiger partial charge in [-0.25, -0.2) is 4.68 Å². The fourth-order valence-corrected chi connectivity index (χ4v) is 5.28. The van der Waals surface area contributed by atoms with Gasteiger partial charge in [0, 0.05) is 24.2 Å². The summed E-state index contributed by atoms with van der Waals surface area (Å²) in [6.07, 6.45) is 0.834. The van der Waals surface area contributed by atoms with Crippen LogP contribution in [0.15, 0.2) is 83.7 Å². The summed E-state index contributed by atoms with van der Waals surface area (Å²) in [5.41, 5.74) is 5.69. The highest BCUT2D eigenvalue weighted by atomic mass is 16.1. The highest BCUT2D eigenvalue weighted by Gasteiger charge is 2.34. The summed E-state index contributed by atoms with van der Waals surface area (Å²) in [6.45, 7) is 14.0. The average Bonchev–Trinajstić information content (AvgIpc) is 3.45. The number of nitrogens with zero attached hydrogens (tertiary/aromatic N) is 5. The largest absolute Gasteiger partial charge is 0.322 e. The molecule has 2 aromatic heterocycles. The number of fused-ring (bicyclic) bond motifs is 1. The van der Waals surface area contributed by atoms with E-state index in [0.717, 1.165) is 34.0 Å². The Labute approximate surface area is 242 Å². The number of pyridine rings is 1. The van der Waals surface area contributed by atoms with Crippen LogP contribution in [0.25, 0.3) is 10.9 Å². The number of H-pyrrole nitrogens is 1. The summed E-state index contributed by atoms with van der Waals surface area (Å²) in [5, 5.41) is 14.2. The van der Waals surface area contributed by atoms with Crippen molar-refractivity contribution in [2.75, 3.05) is 0 Å². The van der Waals surface area contributed by atoms with Crippen LogP contribution in [-0.2, 0) is 18.6 Å². The smallest absolute Gasteiger partial charge is 0.253 e. The van der Waals surface area contributed by atoms with Crippen molar-refractivity contribution in [3.05, 3.63) is 123 Å². The molecule has 0 saturated heterocycles. The van der Waals surface area contributed by atoms with Crippen molar-refractivity contribution in [2.24, 2.45) is 0 Å². The summed E-state index contributed by atoms with van der Waals surface area (Å²) in [5.74, 6) is 1.11. The Hall–Kier alpha value is -4.10. The lowest BCUT2D eigenvalue weighted by atomic mass is 9.97. The standard InChI is InChI=1S/C34H40N6O/c1-7-34(5,6)40-32(36-37-38-40)31(29-20-28-16-13-24(4)19-30(28)35-33(29)41)39(21-25-11-9-8-10-12-25)22-26-14-17-27(18-15-26)23(2)3/h8-20,23,31H,7,21-22H2,1-6H3,(H,35,41)/t31-/m1/s1. The average molecular weight is 549 g/mol. The van der Waals surface area contributed by atoms with Crippen LogP contribution in [0.5, 0.6) is 0 Å². The fraction of sp³-hybridized carbons (Fsp3) is 0.353. The first kappa shape index (κ1) is 28.4. The Morgan fingerprint density at radius 3 is 2.27 bits per heavy atom. The lowest BCUT2D eigenvalue weighted by Crippen LogP contribution is -2.38. The van der Waals surface area contributed by atoms with E-state index in [1.807, 2.05) is 29.8 Å². The minimum atomic E-state index is -0.491. The van der Waals surface area contributed by atoms with E-state index in [4.69, 9.17) is 0 Å². The van der Waals surface area contributed by atoms with E-state index >= 15 is 0 Å². The van der Waals surface area contributed by atoms with Gasteiger partial charge in [0.1, 0.15) is 6.04 Å². The van der Waals surface area contributed by atoms with Crippen LogP contribution in [0.3, 0.4) is 0 Å². The molecule has 0 aliphatic carbocycles. The predicted molar refractivity (Wildman–Crippen MR) is 165 cm³/mol. The Morgan fingerprint density at radius 2 is 1.61 bits per heavy atom. The molecule has 5 rings (SSSR count). The van der Waals surface area contributed by atoms with Gasteiger partial charge >= 0.3 is 0 Å². The zero-order valence-corrected chi connectivity index (χ0v) is 24.9. The number of benzene rings is 3. The fourth-order valence-electron chi connectivity index (χ4n) is 5.28. The summed E-state index contributed by atoms with van der Waals surface area (Å²) in [6, 6.07) is 26.8. The van der Waals surface area contributed by atoms with Crippen LogP contribution >= 0.6 is 0 Å².